The van der Waals surface area contributed by atoms with Crippen molar-refractivity contribution < 1.29 is 8.42 Å². The molecule has 108 valence electrons. The topological polar surface area (TPSA) is 60.2 Å². The minimum atomic E-state index is -2.80. The maximum absolute atomic E-state index is 11.2. The van der Waals surface area contributed by atoms with Gasteiger partial charge < -0.3 is 5.73 Å². The summed E-state index contributed by atoms with van der Waals surface area (Å²) in [5, 5.41) is 0. The van der Waals surface area contributed by atoms with Crippen molar-refractivity contribution in [2.24, 2.45) is 23.5 Å². The molecular weight excluding hydrogens is 246 g/mol. The van der Waals surface area contributed by atoms with Crippen LogP contribution in [0.4, 0.5) is 0 Å². The molecule has 1 saturated carbocycles. The first-order chi connectivity index (χ1) is 8.46. The minimum absolute atomic E-state index is 0.333. The van der Waals surface area contributed by atoms with Crippen LogP contribution in [-0.4, -0.2) is 27.0 Å². The molecule has 3 atom stereocenters. The van der Waals surface area contributed by atoms with E-state index in [9.17, 15) is 8.42 Å². The Bertz CT molecular complexity index is 327. The first-order valence-electron chi connectivity index (χ1n) is 7.34. The van der Waals surface area contributed by atoms with Crippen LogP contribution in [0, 0.1) is 17.8 Å². The fraction of sp³-hybridized carbons (Fsp3) is 1.00. The molecule has 0 amide bonds. The summed E-state index contributed by atoms with van der Waals surface area (Å²) in [4.78, 5) is 0. The molecule has 3 unspecified atom stereocenters. The van der Waals surface area contributed by atoms with Gasteiger partial charge in [0, 0.05) is 12.0 Å². The summed E-state index contributed by atoms with van der Waals surface area (Å²) in [5.74, 6) is 2.46. The Morgan fingerprint density at radius 3 is 2.44 bits per heavy atom. The van der Waals surface area contributed by atoms with Crippen LogP contribution in [0.5, 0.6) is 0 Å². The van der Waals surface area contributed by atoms with E-state index < -0.39 is 9.84 Å². The summed E-state index contributed by atoms with van der Waals surface area (Å²) in [5.41, 5.74) is 5.85. The lowest BCUT2D eigenvalue weighted by Gasteiger charge is -2.35. The predicted molar refractivity (Wildman–Crippen MR) is 77.2 cm³/mol. The van der Waals surface area contributed by atoms with Crippen molar-refractivity contribution in [3.63, 3.8) is 0 Å². The summed E-state index contributed by atoms with van der Waals surface area (Å²) in [6, 6.07) is 0. The zero-order chi connectivity index (χ0) is 13.6. The van der Waals surface area contributed by atoms with Crippen LogP contribution >= 0.6 is 0 Å². The highest BCUT2D eigenvalue weighted by molar-refractivity contribution is 7.90. The van der Waals surface area contributed by atoms with Crippen LogP contribution in [0.2, 0.25) is 0 Å². The molecule has 0 bridgehead atoms. The predicted octanol–water partition coefficient (Wildman–Crippen LogP) is 2.60. The monoisotopic (exact) mass is 275 g/mol. The lowest BCUT2D eigenvalue weighted by molar-refractivity contribution is 0.167. The molecule has 1 aliphatic rings. The molecule has 18 heavy (non-hydrogen) atoms. The highest BCUT2D eigenvalue weighted by Gasteiger charge is 2.28. The van der Waals surface area contributed by atoms with Crippen molar-refractivity contribution in [1.29, 1.82) is 0 Å². The fourth-order valence-corrected chi connectivity index (χ4v) is 4.06. The van der Waals surface area contributed by atoms with E-state index in [2.05, 4.69) is 6.92 Å². The average Bonchev–Trinajstić information content (AvgIpc) is 2.28. The van der Waals surface area contributed by atoms with Gasteiger partial charge in [0.25, 0.3) is 0 Å². The molecule has 0 aliphatic heterocycles. The highest BCUT2D eigenvalue weighted by Crippen LogP contribution is 2.38. The van der Waals surface area contributed by atoms with Crippen LogP contribution in [0.25, 0.3) is 0 Å². The van der Waals surface area contributed by atoms with Crippen molar-refractivity contribution in [3.8, 4) is 0 Å². The number of hydrogen-bond donors (Lipinski definition) is 1. The molecule has 1 aliphatic carbocycles. The van der Waals surface area contributed by atoms with Crippen LogP contribution in [-0.2, 0) is 9.84 Å². The molecule has 0 saturated heterocycles. The van der Waals surface area contributed by atoms with Gasteiger partial charge in [0.15, 0.2) is 0 Å². The maximum atomic E-state index is 11.2. The third-order valence-corrected chi connectivity index (χ3v) is 5.37. The van der Waals surface area contributed by atoms with E-state index in [-0.39, 0.29) is 0 Å². The first-order valence-corrected chi connectivity index (χ1v) is 9.40. The first kappa shape index (κ1) is 16.0. The van der Waals surface area contributed by atoms with Gasteiger partial charge in [-0.1, -0.05) is 26.2 Å². The number of rotatable bonds is 7. The van der Waals surface area contributed by atoms with Gasteiger partial charge in [-0.15, -0.1) is 0 Å². The molecule has 0 spiro atoms. The van der Waals surface area contributed by atoms with Crippen LogP contribution in [0.3, 0.4) is 0 Å². The van der Waals surface area contributed by atoms with Crippen molar-refractivity contribution in [1.82, 2.24) is 0 Å². The molecule has 0 heterocycles. The van der Waals surface area contributed by atoms with E-state index >= 15 is 0 Å². The largest absolute Gasteiger partial charge is 0.330 e. The van der Waals surface area contributed by atoms with Gasteiger partial charge in [-0.3, -0.25) is 0 Å². The van der Waals surface area contributed by atoms with Crippen molar-refractivity contribution in [3.05, 3.63) is 0 Å². The van der Waals surface area contributed by atoms with Gasteiger partial charge >= 0.3 is 0 Å². The molecule has 0 aromatic carbocycles. The lowest BCUT2D eigenvalue weighted by atomic mass is 9.71. The van der Waals surface area contributed by atoms with Crippen molar-refractivity contribution in [2.45, 2.75) is 51.9 Å². The quantitative estimate of drug-likeness (QED) is 0.777. The molecule has 1 rings (SSSR count). The Balaban J connectivity index is 2.42. The molecule has 0 aromatic heterocycles. The van der Waals surface area contributed by atoms with Gasteiger partial charge in [0.1, 0.15) is 9.84 Å². The molecular formula is C14H29NO2S. The minimum Gasteiger partial charge on any atom is -0.330 e. The summed E-state index contributed by atoms with van der Waals surface area (Å²) in [7, 11) is -2.80. The third-order valence-electron chi connectivity index (χ3n) is 4.34. The van der Waals surface area contributed by atoms with E-state index in [1.54, 1.807) is 0 Å². The third kappa shape index (κ3) is 5.70. The molecule has 0 radical (unpaired) electrons. The molecule has 3 nitrogen and oxygen atoms in total. The Morgan fingerprint density at radius 2 is 1.89 bits per heavy atom. The second-order valence-electron chi connectivity index (χ2n) is 6.00. The normalized spacial score (nSPS) is 29.4. The van der Waals surface area contributed by atoms with Gasteiger partial charge in [-0.25, -0.2) is 8.42 Å². The highest BCUT2D eigenvalue weighted by atomic mass is 32.2. The number of nitrogens with two attached hydrogens (primary N) is 1. The number of sulfone groups is 1. The van der Waals surface area contributed by atoms with Crippen molar-refractivity contribution >= 4 is 9.84 Å². The van der Waals surface area contributed by atoms with Gasteiger partial charge in [0.2, 0.25) is 0 Å². The van der Waals surface area contributed by atoms with Gasteiger partial charge in [-0.2, -0.15) is 0 Å². The Kier molecular flexibility index (Phi) is 6.64. The van der Waals surface area contributed by atoms with Crippen LogP contribution in [0.1, 0.15) is 51.9 Å². The van der Waals surface area contributed by atoms with E-state index in [4.69, 9.17) is 5.73 Å². The standard InChI is InChI=1S/C14H29NO2S/c1-3-5-12-7-8-14(11-15)13(10-12)6-4-9-18(2,16)17/h12-14H,3-11,15H2,1-2H3. The summed E-state index contributed by atoms with van der Waals surface area (Å²) < 4.78 is 22.3. The van der Waals surface area contributed by atoms with Gasteiger partial charge in [-0.05, 0) is 50.0 Å². The summed E-state index contributed by atoms with van der Waals surface area (Å²) in [6.07, 6.45) is 9.57. The van der Waals surface area contributed by atoms with E-state index in [0.29, 0.717) is 17.6 Å². The fourth-order valence-electron chi connectivity index (χ4n) is 3.37. The van der Waals surface area contributed by atoms with E-state index in [0.717, 1.165) is 25.3 Å². The lowest BCUT2D eigenvalue weighted by Crippen LogP contribution is -2.30. The van der Waals surface area contributed by atoms with Crippen LogP contribution < -0.4 is 5.73 Å². The molecule has 0 aromatic rings. The number of hydrogen-bond acceptors (Lipinski definition) is 3. The SMILES string of the molecule is CCCC1CCC(CN)C(CCCS(C)(=O)=O)C1. The summed E-state index contributed by atoms with van der Waals surface area (Å²) >= 11 is 0. The molecule has 4 heteroatoms. The average molecular weight is 275 g/mol. The van der Waals surface area contributed by atoms with Crippen molar-refractivity contribution in [2.75, 3.05) is 18.6 Å². The Labute approximate surface area is 112 Å². The van der Waals surface area contributed by atoms with E-state index in [1.807, 2.05) is 0 Å². The van der Waals surface area contributed by atoms with Gasteiger partial charge in [0.05, 0.1) is 0 Å². The molecule has 1 fully saturated rings. The van der Waals surface area contributed by atoms with Crippen LogP contribution in [0.15, 0.2) is 0 Å². The second-order valence-corrected chi connectivity index (χ2v) is 8.26. The maximum Gasteiger partial charge on any atom is 0.147 e. The Morgan fingerprint density at radius 1 is 1.17 bits per heavy atom. The zero-order valence-corrected chi connectivity index (χ0v) is 12.7. The molecule has 2 N–H and O–H groups in total. The smallest absolute Gasteiger partial charge is 0.147 e. The second kappa shape index (κ2) is 7.49. The zero-order valence-electron chi connectivity index (χ0n) is 11.9. The summed E-state index contributed by atoms with van der Waals surface area (Å²) in [6.45, 7) is 3.01. The Hall–Kier alpha value is -0.0900. The van der Waals surface area contributed by atoms with E-state index in [1.165, 1.54) is 38.4 Å².